The zero-order valence-corrected chi connectivity index (χ0v) is 14.5. The maximum absolute atomic E-state index is 13.8. The van der Waals surface area contributed by atoms with Crippen LogP contribution in [-0.2, 0) is 11.2 Å². The minimum absolute atomic E-state index is 0.0395. The fourth-order valence-electron chi connectivity index (χ4n) is 2.65. The second kappa shape index (κ2) is 7.97. The molecular formula is C21H21FN2O2. The van der Waals surface area contributed by atoms with Crippen LogP contribution in [0, 0.1) is 5.82 Å². The molecule has 1 heterocycles. The molecule has 1 amide bonds. The Hall–Kier alpha value is -2.92. The summed E-state index contributed by atoms with van der Waals surface area (Å²) < 4.78 is 19.4. The molecule has 0 saturated heterocycles. The molecule has 0 spiro atoms. The number of hydrogen-bond acceptors (Lipinski definition) is 3. The van der Waals surface area contributed by atoms with E-state index in [1.54, 1.807) is 30.3 Å². The van der Waals surface area contributed by atoms with Crippen molar-refractivity contribution in [1.82, 2.24) is 0 Å². The van der Waals surface area contributed by atoms with E-state index in [0.717, 1.165) is 11.3 Å². The Morgan fingerprint density at radius 3 is 2.54 bits per heavy atom. The van der Waals surface area contributed by atoms with E-state index in [9.17, 15) is 9.18 Å². The molecule has 0 aliphatic carbocycles. The molecule has 4 nitrogen and oxygen atoms in total. The summed E-state index contributed by atoms with van der Waals surface area (Å²) in [6.07, 6.45) is 0.720. The van der Waals surface area contributed by atoms with Gasteiger partial charge in [-0.15, -0.1) is 0 Å². The molecule has 0 fully saturated rings. The Balaban J connectivity index is 1.56. The molecule has 0 bridgehead atoms. The largest absolute Gasteiger partial charge is 0.461 e. The lowest BCUT2D eigenvalue weighted by Crippen LogP contribution is -2.12. The first-order valence-corrected chi connectivity index (χ1v) is 8.52. The summed E-state index contributed by atoms with van der Waals surface area (Å²) in [5, 5.41) is 2.84. The molecule has 134 valence electrons. The second-order valence-corrected chi connectivity index (χ2v) is 6.20. The van der Waals surface area contributed by atoms with Gasteiger partial charge in [0.25, 0.3) is 0 Å². The fraction of sp³-hybridized carbons (Fsp3) is 0.190. The number of benzene rings is 2. The van der Waals surface area contributed by atoms with E-state index in [-0.39, 0.29) is 24.2 Å². The van der Waals surface area contributed by atoms with Crippen LogP contribution in [0.4, 0.5) is 10.1 Å². The first kappa shape index (κ1) is 17.9. The summed E-state index contributed by atoms with van der Waals surface area (Å²) in [6.45, 7) is 1.91. The number of furan rings is 1. The van der Waals surface area contributed by atoms with Gasteiger partial charge in [-0.1, -0.05) is 24.3 Å². The third-order valence-corrected chi connectivity index (χ3v) is 4.12. The average Bonchev–Trinajstić information content (AvgIpc) is 3.09. The lowest BCUT2D eigenvalue weighted by molar-refractivity contribution is -0.116. The van der Waals surface area contributed by atoms with Crippen LogP contribution in [-0.4, -0.2) is 5.91 Å². The standard InChI is InChI=1S/C21H21FN2O2/c1-14(23)15-6-8-16(9-7-15)24-21(25)13-11-17-10-12-20(26-17)18-4-2-3-5-19(18)22/h2-10,12,14H,11,13,23H2,1H3,(H,24,25). The van der Waals surface area contributed by atoms with Crippen molar-refractivity contribution in [1.29, 1.82) is 0 Å². The molecule has 0 aliphatic heterocycles. The number of carbonyl (C=O) groups excluding carboxylic acids is 1. The summed E-state index contributed by atoms with van der Waals surface area (Å²) in [5.41, 5.74) is 7.96. The number of halogens is 1. The highest BCUT2D eigenvalue weighted by Gasteiger charge is 2.11. The van der Waals surface area contributed by atoms with Crippen LogP contribution >= 0.6 is 0 Å². The number of amides is 1. The maximum atomic E-state index is 13.8. The molecule has 1 atom stereocenters. The molecule has 26 heavy (non-hydrogen) atoms. The highest BCUT2D eigenvalue weighted by Crippen LogP contribution is 2.25. The van der Waals surface area contributed by atoms with Gasteiger partial charge in [0.15, 0.2) is 0 Å². The van der Waals surface area contributed by atoms with E-state index in [0.29, 0.717) is 23.5 Å². The Bertz CT molecular complexity index is 885. The molecule has 1 unspecified atom stereocenters. The molecule has 5 heteroatoms. The van der Waals surface area contributed by atoms with Crippen molar-refractivity contribution in [3.63, 3.8) is 0 Å². The average molecular weight is 352 g/mol. The Morgan fingerprint density at radius 1 is 1.12 bits per heavy atom. The first-order chi connectivity index (χ1) is 12.5. The van der Waals surface area contributed by atoms with Crippen molar-refractivity contribution in [2.45, 2.75) is 25.8 Å². The Labute approximate surface area is 151 Å². The van der Waals surface area contributed by atoms with Gasteiger partial charge >= 0.3 is 0 Å². The molecule has 3 aromatic rings. The van der Waals surface area contributed by atoms with Gasteiger partial charge in [0, 0.05) is 24.6 Å². The summed E-state index contributed by atoms with van der Waals surface area (Å²) in [4.78, 5) is 12.1. The number of rotatable bonds is 6. The quantitative estimate of drug-likeness (QED) is 0.677. The van der Waals surface area contributed by atoms with E-state index in [1.165, 1.54) is 6.07 Å². The first-order valence-electron chi connectivity index (χ1n) is 8.52. The maximum Gasteiger partial charge on any atom is 0.224 e. The number of nitrogens with one attached hydrogen (secondary N) is 1. The van der Waals surface area contributed by atoms with Gasteiger partial charge < -0.3 is 15.5 Å². The zero-order valence-electron chi connectivity index (χ0n) is 14.5. The van der Waals surface area contributed by atoms with Crippen LogP contribution in [0.1, 0.15) is 30.7 Å². The third-order valence-electron chi connectivity index (χ3n) is 4.12. The molecule has 1 aromatic heterocycles. The van der Waals surface area contributed by atoms with Gasteiger partial charge in [-0.3, -0.25) is 4.79 Å². The van der Waals surface area contributed by atoms with Crippen LogP contribution in [0.25, 0.3) is 11.3 Å². The molecule has 0 aliphatic rings. The zero-order chi connectivity index (χ0) is 18.5. The van der Waals surface area contributed by atoms with E-state index in [4.69, 9.17) is 10.2 Å². The van der Waals surface area contributed by atoms with Crippen molar-refractivity contribution >= 4 is 11.6 Å². The topological polar surface area (TPSA) is 68.3 Å². The lowest BCUT2D eigenvalue weighted by atomic mass is 10.1. The lowest BCUT2D eigenvalue weighted by Gasteiger charge is -2.08. The fourth-order valence-corrected chi connectivity index (χ4v) is 2.65. The monoisotopic (exact) mass is 352 g/mol. The van der Waals surface area contributed by atoms with Gasteiger partial charge in [-0.2, -0.15) is 0 Å². The Kier molecular flexibility index (Phi) is 5.49. The number of anilines is 1. The second-order valence-electron chi connectivity index (χ2n) is 6.20. The number of hydrogen-bond donors (Lipinski definition) is 2. The molecule has 3 N–H and O–H groups in total. The van der Waals surface area contributed by atoms with Crippen LogP contribution in [0.5, 0.6) is 0 Å². The number of carbonyl (C=O) groups is 1. The van der Waals surface area contributed by atoms with E-state index >= 15 is 0 Å². The summed E-state index contributed by atoms with van der Waals surface area (Å²) >= 11 is 0. The van der Waals surface area contributed by atoms with E-state index in [1.807, 2.05) is 31.2 Å². The predicted octanol–water partition coefficient (Wildman–Crippen LogP) is 4.68. The summed E-state index contributed by atoms with van der Waals surface area (Å²) in [5.74, 6) is 0.666. The van der Waals surface area contributed by atoms with Crippen molar-refractivity contribution < 1.29 is 13.6 Å². The van der Waals surface area contributed by atoms with Gasteiger partial charge in [-0.05, 0) is 48.9 Å². The van der Waals surface area contributed by atoms with Crippen molar-refractivity contribution in [2.75, 3.05) is 5.32 Å². The number of nitrogens with two attached hydrogens (primary N) is 1. The minimum Gasteiger partial charge on any atom is -0.461 e. The van der Waals surface area contributed by atoms with Crippen LogP contribution in [0.2, 0.25) is 0 Å². The molecule has 2 aromatic carbocycles. The van der Waals surface area contributed by atoms with E-state index < -0.39 is 0 Å². The van der Waals surface area contributed by atoms with E-state index in [2.05, 4.69) is 5.32 Å². The molecule has 0 saturated carbocycles. The van der Waals surface area contributed by atoms with Crippen molar-refractivity contribution in [3.05, 3.63) is 77.8 Å². The molecule has 3 rings (SSSR count). The minimum atomic E-state index is -0.332. The summed E-state index contributed by atoms with van der Waals surface area (Å²) in [7, 11) is 0. The van der Waals surface area contributed by atoms with Gasteiger partial charge in [-0.25, -0.2) is 4.39 Å². The number of aryl methyl sites for hydroxylation is 1. The van der Waals surface area contributed by atoms with Gasteiger partial charge in [0.1, 0.15) is 17.3 Å². The molecule has 0 radical (unpaired) electrons. The normalized spacial score (nSPS) is 12.0. The van der Waals surface area contributed by atoms with Crippen LogP contribution < -0.4 is 11.1 Å². The SMILES string of the molecule is CC(N)c1ccc(NC(=O)CCc2ccc(-c3ccccc3F)o2)cc1. The van der Waals surface area contributed by atoms with Gasteiger partial charge in [0.2, 0.25) is 5.91 Å². The van der Waals surface area contributed by atoms with Crippen molar-refractivity contribution in [2.24, 2.45) is 5.73 Å². The Morgan fingerprint density at radius 2 is 1.85 bits per heavy atom. The third kappa shape index (κ3) is 4.37. The predicted molar refractivity (Wildman–Crippen MR) is 100 cm³/mol. The van der Waals surface area contributed by atoms with Crippen molar-refractivity contribution in [3.8, 4) is 11.3 Å². The van der Waals surface area contributed by atoms with Gasteiger partial charge in [0.05, 0.1) is 5.56 Å². The smallest absolute Gasteiger partial charge is 0.224 e. The highest BCUT2D eigenvalue weighted by molar-refractivity contribution is 5.90. The van der Waals surface area contributed by atoms with Crippen LogP contribution in [0.3, 0.4) is 0 Å². The summed E-state index contributed by atoms with van der Waals surface area (Å²) in [6, 6.07) is 17.4. The highest BCUT2D eigenvalue weighted by atomic mass is 19.1. The molecular weight excluding hydrogens is 331 g/mol. The van der Waals surface area contributed by atoms with Crippen LogP contribution in [0.15, 0.2) is 65.1 Å².